The topological polar surface area (TPSA) is 31.2 Å². The second kappa shape index (κ2) is 6.15. The van der Waals surface area contributed by atoms with Gasteiger partial charge in [0.25, 0.3) is 0 Å². The molecular weight excluding hydrogens is 305 g/mol. The number of hydrogen-bond acceptors (Lipinski definition) is 2. The molecule has 0 aromatic carbocycles. The lowest BCUT2D eigenvalue weighted by molar-refractivity contribution is 0.0525. The van der Waals surface area contributed by atoms with Crippen LogP contribution in [0, 0.1) is 6.92 Å². The smallest absolute Gasteiger partial charge is 0.339 e. The van der Waals surface area contributed by atoms with Gasteiger partial charge < -0.3 is 9.30 Å². The number of rotatable bonds is 5. The quantitative estimate of drug-likeness (QED) is 0.474. The van der Waals surface area contributed by atoms with Gasteiger partial charge in [0.2, 0.25) is 0 Å². The molecule has 0 bridgehead atoms. The van der Waals surface area contributed by atoms with Crippen molar-refractivity contribution in [3.63, 3.8) is 0 Å². The van der Waals surface area contributed by atoms with Gasteiger partial charge in [0, 0.05) is 23.4 Å². The van der Waals surface area contributed by atoms with Crippen molar-refractivity contribution in [1.82, 2.24) is 4.57 Å². The van der Waals surface area contributed by atoms with E-state index in [9.17, 15) is 4.79 Å². The Bertz CT molecular complexity index is 333. The van der Waals surface area contributed by atoms with Crippen LogP contribution in [0.25, 0.3) is 0 Å². The third-order valence-electron chi connectivity index (χ3n) is 2.12. The second-order valence-corrected chi connectivity index (χ2v) is 4.43. The Balaban J connectivity index is 2.72. The van der Waals surface area contributed by atoms with Crippen LogP contribution >= 0.6 is 22.6 Å². The molecule has 1 heterocycles. The number of nitrogens with zero attached hydrogens (tertiary/aromatic N) is 1. The Morgan fingerprint density at radius 3 is 2.87 bits per heavy atom. The van der Waals surface area contributed by atoms with Crippen LogP contribution in [0.5, 0.6) is 0 Å². The van der Waals surface area contributed by atoms with Crippen LogP contribution in [-0.4, -0.2) is 21.6 Å². The zero-order valence-corrected chi connectivity index (χ0v) is 11.3. The van der Waals surface area contributed by atoms with Crippen molar-refractivity contribution in [2.24, 2.45) is 0 Å². The number of alkyl halides is 1. The molecule has 0 fully saturated rings. The summed E-state index contributed by atoms with van der Waals surface area (Å²) in [5, 5.41) is 0. The fraction of sp³-hybridized carbons (Fsp3) is 0.545. The Morgan fingerprint density at radius 2 is 2.27 bits per heavy atom. The molecule has 15 heavy (non-hydrogen) atoms. The van der Waals surface area contributed by atoms with Crippen LogP contribution in [-0.2, 0) is 11.3 Å². The minimum atomic E-state index is -0.219. The molecule has 0 radical (unpaired) electrons. The zero-order chi connectivity index (χ0) is 11.3. The van der Waals surface area contributed by atoms with Gasteiger partial charge >= 0.3 is 5.97 Å². The number of halogens is 1. The first kappa shape index (κ1) is 12.5. The Labute approximate surface area is 104 Å². The van der Waals surface area contributed by atoms with Gasteiger partial charge in [-0.05, 0) is 25.8 Å². The zero-order valence-electron chi connectivity index (χ0n) is 9.12. The van der Waals surface area contributed by atoms with Gasteiger partial charge in [-0.3, -0.25) is 0 Å². The van der Waals surface area contributed by atoms with Crippen LogP contribution in [0.1, 0.15) is 29.3 Å². The molecule has 0 saturated carbocycles. The molecule has 0 unspecified atom stereocenters. The van der Waals surface area contributed by atoms with Gasteiger partial charge in [-0.15, -0.1) is 0 Å². The number of carbonyl (C=O) groups is 1. The van der Waals surface area contributed by atoms with Gasteiger partial charge in [0.05, 0.1) is 12.2 Å². The maximum Gasteiger partial charge on any atom is 0.339 e. The van der Waals surface area contributed by atoms with Crippen molar-refractivity contribution < 1.29 is 9.53 Å². The fourth-order valence-electron chi connectivity index (χ4n) is 1.42. The Morgan fingerprint density at radius 1 is 1.53 bits per heavy atom. The van der Waals surface area contributed by atoms with Gasteiger partial charge in [0.1, 0.15) is 0 Å². The molecule has 0 amide bonds. The number of aromatic nitrogens is 1. The lowest BCUT2D eigenvalue weighted by Crippen LogP contribution is -2.04. The fourth-order valence-corrected chi connectivity index (χ4v) is 1.76. The predicted molar refractivity (Wildman–Crippen MR) is 68.6 cm³/mol. The largest absolute Gasteiger partial charge is 0.462 e. The van der Waals surface area contributed by atoms with E-state index < -0.39 is 0 Å². The second-order valence-electron chi connectivity index (χ2n) is 3.36. The molecule has 0 aliphatic carbocycles. The van der Waals surface area contributed by atoms with Crippen LogP contribution in [0.3, 0.4) is 0 Å². The molecule has 1 rings (SSSR count). The van der Waals surface area contributed by atoms with Gasteiger partial charge in [0.15, 0.2) is 0 Å². The van der Waals surface area contributed by atoms with E-state index in [1.54, 1.807) is 0 Å². The summed E-state index contributed by atoms with van der Waals surface area (Å²) in [5.41, 5.74) is 1.67. The van der Waals surface area contributed by atoms with E-state index in [4.69, 9.17) is 4.74 Å². The highest BCUT2D eigenvalue weighted by atomic mass is 127. The molecule has 1 aromatic rings. The standard InChI is InChI=1S/C11H16INO2/c1-3-15-11(14)10-8-13(6-4-5-12)7-9(10)2/h7-8H,3-6H2,1-2H3. The van der Waals surface area contributed by atoms with Crippen molar-refractivity contribution in [3.8, 4) is 0 Å². The average molecular weight is 321 g/mol. The normalized spacial score (nSPS) is 10.3. The van der Waals surface area contributed by atoms with Crippen molar-refractivity contribution in [2.45, 2.75) is 26.8 Å². The van der Waals surface area contributed by atoms with E-state index in [0.29, 0.717) is 12.2 Å². The summed E-state index contributed by atoms with van der Waals surface area (Å²) in [6.45, 7) is 5.15. The first-order valence-electron chi connectivity index (χ1n) is 5.08. The molecule has 0 aliphatic heterocycles. The third-order valence-corrected chi connectivity index (χ3v) is 2.89. The third kappa shape index (κ3) is 3.52. The molecule has 0 spiro atoms. The predicted octanol–water partition coefficient (Wildman–Crippen LogP) is 2.80. The summed E-state index contributed by atoms with van der Waals surface area (Å²) in [5.74, 6) is -0.219. The van der Waals surface area contributed by atoms with E-state index >= 15 is 0 Å². The minimum absolute atomic E-state index is 0.219. The molecule has 0 saturated heterocycles. The highest BCUT2D eigenvalue weighted by Crippen LogP contribution is 2.11. The maximum absolute atomic E-state index is 11.5. The lowest BCUT2D eigenvalue weighted by atomic mass is 10.2. The van der Waals surface area contributed by atoms with Gasteiger partial charge in [-0.1, -0.05) is 22.6 Å². The molecule has 1 aromatic heterocycles. The average Bonchev–Trinajstić information content (AvgIpc) is 2.57. The maximum atomic E-state index is 11.5. The summed E-state index contributed by atoms with van der Waals surface area (Å²) in [6.07, 6.45) is 5.00. The summed E-state index contributed by atoms with van der Waals surface area (Å²) in [6, 6.07) is 0. The number of esters is 1. The molecular formula is C11H16INO2. The first-order valence-corrected chi connectivity index (χ1v) is 6.61. The first-order chi connectivity index (χ1) is 7.19. The van der Waals surface area contributed by atoms with Crippen LogP contribution < -0.4 is 0 Å². The molecule has 0 aliphatic rings. The number of ether oxygens (including phenoxy) is 1. The highest BCUT2D eigenvalue weighted by Gasteiger charge is 2.12. The van der Waals surface area contributed by atoms with E-state index in [0.717, 1.165) is 23.0 Å². The van der Waals surface area contributed by atoms with Crippen molar-refractivity contribution in [1.29, 1.82) is 0 Å². The molecule has 0 N–H and O–H groups in total. The number of hydrogen-bond donors (Lipinski definition) is 0. The van der Waals surface area contributed by atoms with Crippen LogP contribution in [0.15, 0.2) is 12.4 Å². The Hall–Kier alpha value is -0.520. The monoisotopic (exact) mass is 321 g/mol. The lowest BCUT2D eigenvalue weighted by Gasteiger charge is -2.00. The van der Waals surface area contributed by atoms with Crippen molar-refractivity contribution >= 4 is 28.6 Å². The molecule has 0 atom stereocenters. The summed E-state index contributed by atoms with van der Waals surface area (Å²) < 4.78 is 8.16. The van der Waals surface area contributed by atoms with E-state index in [1.165, 1.54) is 0 Å². The van der Waals surface area contributed by atoms with Gasteiger partial charge in [-0.2, -0.15) is 0 Å². The highest BCUT2D eigenvalue weighted by molar-refractivity contribution is 14.1. The molecule has 3 nitrogen and oxygen atoms in total. The SMILES string of the molecule is CCOC(=O)c1cn(CCCI)cc1C. The van der Waals surface area contributed by atoms with Crippen molar-refractivity contribution in [3.05, 3.63) is 23.5 Å². The summed E-state index contributed by atoms with van der Waals surface area (Å²) in [7, 11) is 0. The molecule has 4 heteroatoms. The summed E-state index contributed by atoms with van der Waals surface area (Å²) >= 11 is 2.35. The van der Waals surface area contributed by atoms with E-state index in [1.807, 2.05) is 26.2 Å². The van der Waals surface area contributed by atoms with Crippen LogP contribution in [0.4, 0.5) is 0 Å². The Kier molecular flexibility index (Phi) is 5.14. The molecule has 84 valence electrons. The van der Waals surface area contributed by atoms with E-state index in [-0.39, 0.29) is 5.97 Å². The number of carbonyl (C=O) groups excluding carboxylic acids is 1. The number of aryl methyl sites for hydroxylation is 2. The van der Waals surface area contributed by atoms with E-state index in [2.05, 4.69) is 27.2 Å². The minimum Gasteiger partial charge on any atom is -0.462 e. The van der Waals surface area contributed by atoms with Crippen LogP contribution in [0.2, 0.25) is 0 Å². The van der Waals surface area contributed by atoms with Crippen molar-refractivity contribution in [2.75, 3.05) is 11.0 Å². The summed E-state index contributed by atoms with van der Waals surface area (Å²) in [4.78, 5) is 11.5. The van der Waals surface area contributed by atoms with Gasteiger partial charge in [-0.25, -0.2) is 4.79 Å².